The molecular formula is C49H39N5O. The van der Waals surface area contributed by atoms with Gasteiger partial charge < -0.3 is 19.1 Å². The van der Waals surface area contributed by atoms with Gasteiger partial charge in [0.05, 0.1) is 34.4 Å². The van der Waals surface area contributed by atoms with Crippen LogP contribution in [0.2, 0.25) is 0 Å². The largest absolute Gasteiger partial charge is 0.457 e. The van der Waals surface area contributed by atoms with Crippen molar-refractivity contribution >= 4 is 49.3 Å². The number of aromatic nitrogens is 3. The van der Waals surface area contributed by atoms with E-state index in [4.69, 9.17) is 13.8 Å². The third-order valence-corrected chi connectivity index (χ3v) is 11.3. The van der Waals surface area contributed by atoms with Crippen molar-refractivity contribution in [1.82, 2.24) is 19.0 Å². The average Bonchev–Trinajstić information content (AvgIpc) is 3.92. The number of hydrogen-bond acceptors (Lipinski definition) is 4. The molecule has 5 heterocycles. The van der Waals surface area contributed by atoms with Crippen molar-refractivity contribution in [3.63, 3.8) is 0 Å². The van der Waals surface area contributed by atoms with Crippen molar-refractivity contribution < 1.29 is 8.85 Å². The van der Waals surface area contributed by atoms with Crippen LogP contribution in [-0.4, -0.2) is 32.7 Å². The highest BCUT2D eigenvalue weighted by molar-refractivity contribution is 6.22. The van der Waals surface area contributed by atoms with E-state index in [9.17, 15) is 0 Å². The second-order valence-corrected chi connectivity index (χ2v) is 15.6. The molecule has 2 aliphatic heterocycles. The van der Waals surface area contributed by atoms with Crippen LogP contribution in [0.1, 0.15) is 30.4 Å². The van der Waals surface area contributed by atoms with E-state index < -0.39 is 6.98 Å². The fourth-order valence-electron chi connectivity index (χ4n) is 8.72. The van der Waals surface area contributed by atoms with Gasteiger partial charge in [0.25, 0.3) is 0 Å². The molecule has 0 fully saturated rings. The monoisotopic (exact) mass is 716 g/mol. The summed E-state index contributed by atoms with van der Waals surface area (Å²) in [5.74, 6) is 2.17. The minimum Gasteiger partial charge on any atom is -0.457 e. The van der Waals surface area contributed by atoms with Gasteiger partial charge in [0.2, 0.25) is 0 Å². The SMILES string of the molecule is [2H]C([2H])([2H])N1C=CN(c2cccc(Oc3ccc4c5c6c(ccc5n(-c5cc(C(C)(C)C)ccn5)c4c3)-n3c4ccccc4c4cccc(c43)-c3ccccc3-6)c2)C1. The third-order valence-electron chi connectivity index (χ3n) is 11.3. The van der Waals surface area contributed by atoms with Gasteiger partial charge in [0.1, 0.15) is 17.3 Å². The zero-order chi connectivity index (χ0) is 39.5. The summed E-state index contributed by atoms with van der Waals surface area (Å²) in [4.78, 5) is 8.26. The van der Waals surface area contributed by atoms with Crippen LogP contribution in [0.3, 0.4) is 0 Å². The molecule has 0 N–H and O–H groups in total. The summed E-state index contributed by atoms with van der Waals surface area (Å²) < 4.78 is 34.9. The van der Waals surface area contributed by atoms with Gasteiger partial charge in [-0.15, -0.1) is 0 Å². The van der Waals surface area contributed by atoms with E-state index in [1.54, 1.807) is 12.4 Å². The summed E-state index contributed by atoms with van der Waals surface area (Å²) in [5.41, 5.74) is 12.3. The summed E-state index contributed by atoms with van der Waals surface area (Å²) in [7, 11) is 0. The standard InChI is InChI=1S/C49H39N5O/c1-49(2,3)31-23-24-50-45(27-31)53-42-21-22-43-46(37-15-6-5-13-35(37)38-16-10-17-39-36-14-7-8-18-41(36)54(43)48(38)39)47(42)40-20-19-34(29-44(40)53)55-33-12-9-11-32(28-33)52-26-25-51(4)30-52/h5-29H,30H2,1-4H3/i4D3. The Hall–Kier alpha value is -6.79. The molecule has 0 aliphatic carbocycles. The Morgan fingerprint density at radius 1 is 0.636 bits per heavy atom. The Morgan fingerprint density at radius 3 is 2.31 bits per heavy atom. The number of anilines is 1. The van der Waals surface area contributed by atoms with Gasteiger partial charge in [-0.25, -0.2) is 4.98 Å². The number of pyridine rings is 1. The van der Waals surface area contributed by atoms with E-state index >= 15 is 0 Å². The molecule has 0 unspecified atom stereocenters. The minimum atomic E-state index is -2.21. The van der Waals surface area contributed by atoms with Crippen LogP contribution >= 0.6 is 0 Å². The highest BCUT2D eigenvalue weighted by atomic mass is 16.5. The van der Waals surface area contributed by atoms with E-state index in [2.05, 4.69) is 133 Å². The van der Waals surface area contributed by atoms with Crippen LogP contribution < -0.4 is 9.64 Å². The predicted molar refractivity (Wildman–Crippen MR) is 227 cm³/mol. The Bertz CT molecular complexity index is 3190. The maximum Gasteiger partial charge on any atom is 0.137 e. The van der Waals surface area contributed by atoms with Crippen LogP contribution in [0.25, 0.3) is 77.4 Å². The smallest absolute Gasteiger partial charge is 0.137 e. The molecule has 6 aromatic carbocycles. The van der Waals surface area contributed by atoms with Crippen molar-refractivity contribution in [2.75, 3.05) is 18.5 Å². The molecule has 2 aliphatic rings. The summed E-state index contributed by atoms with van der Waals surface area (Å²) >= 11 is 0. The molecule has 266 valence electrons. The number of ether oxygens (including phenoxy) is 1. The number of benzene rings is 6. The molecule has 0 spiro atoms. The number of rotatable bonds is 4. The summed E-state index contributed by atoms with van der Waals surface area (Å²) in [6, 6.07) is 47.2. The van der Waals surface area contributed by atoms with E-state index in [1.165, 1.54) is 54.5 Å². The molecule has 6 heteroatoms. The number of hydrogen-bond donors (Lipinski definition) is 0. The topological polar surface area (TPSA) is 38.5 Å². The van der Waals surface area contributed by atoms with Crippen molar-refractivity contribution in [3.05, 3.63) is 158 Å². The molecule has 55 heavy (non-hydrogen) atoms. The highest BCUT2D eigenvalue weighted by Gasteiger charge is 2.28. The zero-order valence-corrected chi connectivity index (χ0v) is 30.8. The molecule has 0 saturated carbocycles. The molecule has 9 aromatic rings. The van der Waals surface area contributed by atoms with Crippen LogP contribution in [0.4, 0.5) is 5.69 Å². The highest BCUT2D eigenvalue weighted by Crippen LogP contribution is 2.51. The lowest BCUT2D eigenvalue weighted by molar-refractivity contribution is 0.481. The average molecular weight is 717 g/mol. The first kappa shape index (κ1) is 28.7. The lowest BCUT2D eigenvalue weighted by Gasteiger charge is -2.20. The fraction of sp³-hybridized carbons (Fsp3) is 0.122. The normalized spacial score (nSPS) is 14.6. The van der Waals surface area contributed by atoms with Crippen molar-refractivity contribution in [3.8, 4) is 45.3 Å². The molecule has 0 radical (unpaired) electrons. The Kier molecular flexibility index (Phi) is 6.05. The van der Waals surface area contributed by atoms with Gasteiger partial charge in [-0.1, -0.05) is 87.5 Å². The van der Waals surface area contributed by atoms with Crippen LogP contribution in [-0.2, 0) is 5.41 Å². The van der Waals surface area contributed by atoms with Crippen LogP contribution in [0.5, 0.6) is 11.5 Å². The van der Waals surface area contributed by atoms with E-state index in [0.717, 1.165) is 39.0 Å². The van der Waals surface area contributed by atoms with Gasteiger partial charge in [-0.05, 0) is 76.7 Å². The lowest BCUT2D eigenvalue weighted by atomic mass is 9.88. The second kappa shape index (κ2) is 11.6. The van der Waals surface area contributed by atoms with Crippen molar-refractivity contribution in [2.24, 2.45) is 0 Å². The first-order valence-electron chi connectivity index (χ1n) is 20.2. The fourth-order valence-corrected chi connectivity index (χ4v) is 8.72. The lowest BCUT2D eigenvalue weighted by Crippen LogP contribution is -2.21. The zero-order valence-electron chi connectivity index (χ0n) is 33.8. The molecule has 3 aromatic heterocycles. The second-order valence-electron chi connectivity index (χ2n) is 15.6. The molecule has 0 atom stereocenters. The number of para-hydroxylation sites is 2. The van der Waals surface area contributed by atoms with Crippen LogP contribution in [0.15, 0.2) is 152 Å². The van der Waals surface area contributed by atoms with Gasteiger partial charge in [0.15, 0.2) is 0 Å². The van der Waals surface area contributed by atoms with Crippen molar-refractivity contribution in [2.45, 2.75) is 26.2 Å². The van der Waals surface area contributed by atoms with Gasteiger partial charge >= 0.3 is 0 Å². The Labute approximate surface area is 324 Å². The molecule has 11 rings (SSSR count). The Morgan fingerprint density at radius 2 is 1.44 bits per heavy atom. The quantitative estimate of drug-likeness (QED) is 0.182. The third kappa shape index (κ3) is 4.77. The maximum atomic E-state index is 7.83. The number of fused-ring (bicyclic) bond motifs is 12. The number of nitrogens with zero attached hydrogens (tertiary/aromatic N) is 5. The van der Waals surface area contributed by atoms with E-state index in [-0.39, 0.29) is 12.1 Å². The van der Waals surface area contributed by atoms with Crippen LogP contribution in [0, 0.1) is 0 Å². The predicted octanol–water partition coefficient (Wildman–Crippen LogP) is 12.2. The van der Waals surface area contributed by atoms with Gasteiger partial charge in [0, 0.05) is 80.2 Å². The molecule has 0 bridgehead atoms. The minimum absolute atomic E-state index is 0.0799. The first-order valence-corrected chi connectivity index (χ1v) is 18.7. The summed E-state index contributed by atoms with van der Waals surface area (Å²) in [5, 5.41) is 4.71. The van der Waals surface area contributed by atoms with Gasteiger partial charge in [-0.2, -0.15) is 0 Å². The van der Waals surface area contributed by atoms with Gasteiger partial charge in [-0.3, -0.25) is 4.57 Å². The Balaban J connectivity index is 1.15. The van der Waals surface area contributed by atoms with E-state index in [1.807, 2.05) is 41.4 Å². The summed E-state index contributed by atoms with van der Waals surface area (Å²) in [6.07, 6.45) is 5.31. The molecule has 0 amide bonds. The van der Waals surface area contributed by atoms with E-state index in [0.29, 0.717) is 11.5 Å². The first-order chi connectivity index (χ1) is 28.0. The van der Waals surface area contributed by atoms with Crippen molar-refractivity contribution in [1.29, 1.82) is 0 Å². The molecule has 0 saturated heterocycles. The summed E-state index contributed by atoms with van der Waals surface area (Å²) in [6.45, 7) is 4.71. The molecule has 6 nitrogen and oxygen atoms in total. The maximum absolute atomic E-state index is 7.83. The molecular weight excluding hydrogens is 675 g/mol.